The van der Waals surface area contributed by atoms with Crippen LogP contribution in [-0.4, -0.2) is 6.04 Å². The lowest BCUT2D eigenvalue weighted by Crippen LogP contribution is -2.26. The second-order valence-electron chi connectivity index (χ2n) is 3.12. The summed E-state index contributed by atoms with van der Waals surface area (Å²) in [5, 5.41) is 5.62. The van der Waals surface area contributed by atoms with Crippen molar-refractivity contribution in [3.8, 4) is 0 Å². The molecule has 1 aromatic rings. The zero-order valence-corrected chi connectivity index (χ0v) is 8.26. The Hall–Kier alpha value is -0.860. The molecule has 1 unspecified atom stereocenters. The fourth-order valence-electron chi connectivity index (χ4n) is 1.38. The van der Waals surface area contributed by atoms with E-state index < -0.39 is 0 Å². The summed E-state index contributed by atoms with van der Waals surface area (Å²) in [6.07, 6.45) is 9.74. The van der Waals surface area contributed by atoms with E-state index in [9.17, 15) is 0 Å². The van der Waals surface area contributed by atoms with Gasteiger partial charge >= 0.3 is 0 Å². The van der Waals surface area contributed by atoms with Crippen molar-refractivity contribution >= 4 is 11.3 Å². The number of nitrogens with one attached hydrogen (secondary N) is 1. The van der Waals surface area contributed by atoms with E-state index in [4.69, 9.17) is 0 Å². The summed E-state index contributed by atoms with van der Waals surface area (Å²) in [6.45, 7) is 0.987. The molecule has 0 amide bonds. The van der Waals surface area contributed by atoms with Gasteiger partial charge in [0, 0.05) is 17.5 Å². The summed E-state index contributed by atoms with van der Waals surface area (Å²) in [5.74, 6) is 0. The Bertz CT molecular complexity index is 298. The van der Waals surface area contributed by atoms with Crippen LogP contribution in [0.2, 0.25) is 0 Å². The zero-order valence-electron chi connectivity index (χ0n) is 7.44. The van der Waals surface area contributed by atoms with Crippen LogP contribution in [0, 0.1) is 0 Å². The van der Waals surface area contributed by atoms with E-state index in [-0.39, 0.29) is 0 Å². The first-order valence-corrected chi connectivity index (χ1v) is 5.42. The zero-order chi connectivity index (χ0) is 8.93. The maximum atomic E-state index is 3.50. The Balaban J connectivity index is 1.80. The van der Waals surface area contributed by atoms with Gasteiger partial charge in [-0.1, -0.05) is 30.4 Å². The van der Waals surface area contributed by atoms with Crippen molar-refractivity contribution in [3.05, 3.63) is 46.7 Å². The quantitative estimate of drug-likeness (QED) is 0.774. The lowest BCUT2D eigenvalue weighted by molar-refractivity contribution is 0.599. The highest BCUT2D eigenvalue weighted by Gasteiger charge is 2.03. The molecule has 1 aromatic heterocycles. The number of hydrogen-bond acceptors (Lipinski definition) is 2. The average molecular weight is 191 g/mol. The maximum Gasteiger partial charge on any atom is 0.0305 e. The second kappa shape index (κ2) is 4.40. The molecule has 0 saturated heterocycles. The van der Waals surface area contributed by atoms with Crippen molar-refractivity contribution in [1.82, 2.24) is 5.32 Å². The smallest absolute Gasteiger partial charge is 0.0305 e. The first kappa shape index (κ1) is 8.73. The van der Waals surface area contributed by atoms with E-state index in [0.29, 0.717) is 6.04 Å². The molecule has 0 fully saturated rings. The number of hydrogen-bond donors (Lipinski definition) is 1. The third kappa shape index (κ3) is 2.54. The van der Waals surface area contributed by atoms with Crippen LogP contribution in [0.3, 0.4) is 0 Å². The lowest BCUT2D eigenvalue weighted by atomic mass is 10.1. The maximum absolute atomic E-state index is 3.50. The van der Waals surface area contributed by atoms with Crippen molar-refractivity contribution in [1.29, 1.82) is 0 Å². The van der Waals surface area contributed by atoms with E-state index in [1.54, 1.807) is 11.3 Å². The van der Waals surface area contributed by atoms with Gasteiger partial charge in [-0.15, -0.1) is 11.3 Å². The summed E-state index contributed by atoms with van der Waals surface area (Å²) in [6, 6.07) is 4.78. The third-order valence-electron chi connectivity index (χ3n) is 2.10. The molecule has 0 aliphatic heterocycles. The van der Waals surface area contributed by atoms with E-state index in [1.807, 2.05) is 0 Å². The van der Waals surface area contributed by atoms with Gasteiger partial charge in [-0.05, 0) is 17.9 Å². The molecule has 1 N–H and O–H groups in total. The van der Waals surface area contributed by atoms with Crippen molar-refractivity contribution in [2.45, 2.75) is 19.0 Å². The highest BCUT2D eigenvalue weighted by atomic mass is 32.1. The second-order valence-corrected chi connectivity index (χ2v) is 4.15. The first-order valence-electron chi connectivity index (χ1n) is 4.54. The normalized spacial score (nSPS) is 20.8. The molecule has 1 aliphatic carbocycles. The van der Waals surface area contributed by atoms with Gasteiger partial charge in [0.2, 0.25) is 0 Å². The fourth-order valence-corrected chi connectivity index (χ4v) is 2.03. The van der Waals surface area contributed by atoms with Crippen LogP contribution in [0.5, 0.6) is 0 Å². The lowest BCUT2D eigenvalue weighted by Gasteiger charge is -2.13. The number of allylic oxidation sites excluding steroid dienone is 2. The molecule has 0 spiro atoms. The van der Waals surface area contributed by atoms with Crippen molar-refractivity contribution in [3.63, 3.8) is 0 Å². The summed E-state index contributed by atoms with van der Waals surface area (Å²) in [4.78, 5) is 1.41. The molecule has 0 radical (unpaired) electrons. The molecule has 0 saturated carbocycles. The minimum absolute atomic E-state index is 0.520. The molecule has 1 atom stereocenters. The summed E-state index contributed by atoms with van der Waals surface area (Å²) < 4.78 is 0. The van der Waals surface area contributed by atoms with Gasteiger partial charge in [-0.2, -0.15) is 0 Å². The summed E-state index contributed by atoms with van der Waals surface area (Å²) in [5.41, 5.74) is 0. The van der Waals surface area contributed by atoms with Crippen molar-refractivity contribution < 1.29 is 0 Å². The Kier molecular flexibility index (Phi) is 2.95. The van der Waals surface area contributed by atoms with Crippen LogP contribution < -0.4 is 5.32 Å². The van der Waals surface area contributed by atoms with Crippen molar-refractivity contribution in [2.75, 3.05) is 0 Å². The van der Waals surface area contributed by atoms with Gasteiger partial charge in [0.1, 0.15) is 0 Å². The average Bonchev–Trinajstić information content (AvgIpc) is 2.69. The van der Waals surface area contributed by atoms with Crippen LogP contribution in [0.25, 0.3) is 0 Å². The topological polar surface area (TPSA) is 12.0 Å². The van der Waals surface area contributed by atoms with Gasteiger partial charge in [-0.25, -0.2) is 0 Å². The SMILES string of the molecule is C1=CCC(NCc2cccs2)C=C1. The predicted molar refractivity (Wildman–Crippen MR) is 57.8 cm³/mol. The molecular weight excluding hydrogens is 178 g/mol. The monoisotopic (exact) mass is 191 g/mol. The molecule has 2 rings (SSSR count). The van der Waals surface area contributed by atoms with Crippen LogP contribution in [0.1, 0.15) is 11.3 Å². The molecule has 2 heteroatoms. The standard InChI is InChI=1S/C11H13NS/c1-2-5-10(6-3-1)12-9-11-7-4-8-13-11/h1-5,7-8,10,12H,6,9H2. The minimum Gasteiger partial charge on any atom is -0.305 e. The van der Waals surface area contributed by atoms with Gasteiger partial charge in [0.15, 0.2) is 0 Å². The Morgan fingerprint density at radius 2 is 2.46 bits per heavy atom. The van der Waals surface area contributed by atoms with Gasteiger partial charge < -0.3 is 5.32 Å². The molecule has 1 heterocycles. The molecule has 0 bridgehead atoms. The van der Waals surface area contributed by atoms with E-state index in [0.717, 1.165) is 13.0 Å². The molecule has 68 valence electrons. The van der Waals surface area contributed by atoms with Crippen LogP contribution in [0.4, 0.5) is 0 Å². The van der Waals surface area contributed by atoms with E-state index in [1.165, 1.54) is 4.88 Å². The third-order valence-corrected chi connectivity index (χ3v) is 2.98. The van der Waals surface area contributed by atoms with Crippen LogP contribution >= 0.6 is 11.3 Å². The molecule has 1 nitrogen and oxygen atoms in total. The van der Waals surface area contributed by atoms with E-state index in [2.05, 4.69) is 47.1 Å². The van der Waals surface area contributed by atoms with Crippen LogP contribution in [-0.2, 0) is 6.54 Å². The highest BCUT2D eigenvalue weighted by molar-refractivity contribution is 7.09. The minimum atomic E-state index is 0.520. The Morgan fingerprint density at radius 3 is 3.15 bits per heavy atom. The summed E-state index contributed by atoms with van der Waals surface area (Å²) in [7, 11) is 0. The molecular formula is C11H13NS. The molecule has 13 heavy (non-hydrogen) atoms. The van der Waals surface area contributed by atoms with Crippen molar-refractivity contribution in [2.24, 2.45) is 0 Å². The molecule has 0 aromatic carbocycles. The van der Waals surface area contributed by atoms with E-state index >= 15 is 0 Å². The van der Waals surface area contributed by atoms with Gasteiger partial charge in [0.25, 0.3) is 0 Å². The van der Waals surface area contributed by atoms with Crippen LogP contribution in [0.15, 0.2) is 41.8 Å². The predicted octanol–water partition coefficient (Wildman–Crippen LogP) is 2.72. The number of thiophene rings is 1. The Morgan fingerprint density at radius 1 is 1.46 bits per heavy atom. The fraction of sp³-hybridized carbons (Fsp3) is 0.273. The molecule has 1 aliphatic rings. The highest BCUT2D eigenvalue weighted by Crippen LogP contribution is 2.09. The van der Waals surface area contributed by atoms with Gasteiger partial charge in [0.05, 0.1) is 0 Å². The Labute approximate surface area is 82.8 Å². The summed E-state index contributed by atoms with van der Waals surface area (Å²) >= 11 is 1.81. The van der Waals surface area contributed by atoms with Gasteiger partial charge in [-0.3, -0.25) is 0 Å². The first-order chi connectivity index (χ1) is 6.45. The largest absolute Gasteiger partial charge is 0.305 e. The number of rotatable bonds is 3.